The van der Waals surface area contributed by atoms with Gasteiger partial charge in [-0.2, -0.15) is 0 Å². The van der Waals surface area contributed by atoms with Crippen molar-refractivity contribution >= 4 is 22.2 Å². The number of thiophene rings is 1. The summed E-state index contributed by atoms with van der Waals surface area (Å²) in [6.45, 7) is 1.11. The van der Waals surface area contributed by atoms with Gasteiger partial charge in [0.2, 0.25) is 5.91 Å². The van der Waals surface area contributed by atoms with Crippen LogP contribution in [0.5, 0.6) is 0 Å². The van der Waals surface area contributed by atoms with Crippen molar-refractivity contribution in [1.29, 1.82) is 0 Å². The summed E-state index contributed by atoms with van der Waals surface area (Å²) in [5.41, 5.74) is 0. The van der Waals surface area contributed by atoms with Gasteiger partial charge in [0, 0.05) is 37.5 Å². The Labute approximate surface area is 96.8 Å². The standard InChI is InChI=1S/C9H13N3O3S/c1-10-8(13)4-5-11-6-7-2-3-9(16-7)12(14)15/h2-3,11H,4-6H2,1H3,(H,10,13). The van der Waals surface area contributed by atoms with Gasteiger partial charge >= 0.3 is 5.00 Å². The highest BCUT2D eigenvalue weighted by atomic mass is 32.1. The summed E-state index contributed by atoms with van der Waals surface area (Å²) in [5.74, 6) is -0.0235. The van der Waals surface area contributed by atoms with E-state index in [1.54, 1.807) is 13.1 Å². The Morgan fingerprint density at radius 3 is 2.88 bits per heavy atom. The maximum Gasteiger partial charge on any atom is 0.324 e. The number of nitrogens with one attached hydrogen (secondary N) is 2. The first-order chi connectivity index (χ1) is 7.63. The highest BCUT2D eigenvalue weighted by Gasteiger charge is 2.08. The van der Waals surface area contributed by atoms with Crippen molar-refractivity contribution in [2.24, 2.45) is 0 Å². The fraction of sp³-hybridized carbons (Fsp3) is 0.444. The maximum absolute atomic E-state index is 10.9. The van der Waals surface area contributed by atoms with Crippen molar-refractivity contribution in [3.8, 4) is 0 Å². The first kappa shape index (κ1) is 12.6. The molecule has 0 saturated heterocycles. The van der Waals surface area contributed by atoms with E-state index in [9.17, 15) is 14.9 Å². The summed E-state index contributed by atoms with van der Waals surface area (Å²) in [6.07, 6.45) is 0.407. The van der Waals surface area contributed by atoms with E-state index in [1.807, 2.05) is 0 Å². The molecule has 7 heteroatoms. The average molecular weight is 243 g/mol. The van der Waals surface area contributed by atoms with E-state index >= 15 is 0 Å². The summed E-state index contributed by atoms with van der Waals surface area (Å²) in [7, 11) is 1.59. The van der Waals surface area contributed by atoms with Crippen molar-refractivity contribution in [3.05, 3.63) is 27.1 Å². The van der Waals surface area contributed by atoms with E-state index in [2.05, 4.69) is 10.6 Å². The second kappa shape index (κ2) is 6.19. The molecule has 0 unspecified atom stereocenters. The van der Waals surface area contributed by atoms with Crippen LogP contribution in [-0.4, -0.2) is 24.4 Å². The predicted octanol–water partition coefficient (Wildman–Crippen LogP) is 0.882. The van der Waals surface area contributed by atoms with Crippen LogP contribution in [0.3, 0.4) is 0 Å². The predicted molar refractivity (Wildman–Crippen MR) is 61.4 cm³/mol. The van der Waals surface area contributed by atoms with Gasteiger partial charge in [-0.05, 0) is 6.07 Å². The SMILES string of the molecule is CNC(=O)CCNCc1ccc([N+](=O)[O-])s1. The molecule has 0 aromatic carbocycles. The van der Waals surface area contributed by atoms with Gasteiger partial charge in [0.15, 0.2) is 0 Å². The van der Waals surface area contributed by atoms with Gasteiger partial charge in [-0.1, -0.05) is 11.3 Å². The number of rotatable bonds is 6. The highest BCUT2D eigenvalue weighted by molar-refractivity contribution is 7.15. The molecule has 1 aromatic rings. The Balaban J connectivity index is 2.27. The molecule has 0 fully saturated rings. The van der Waals surface area contributed by atoms with Crippen molar-refractivity contribution in [2.45, 2.75) is 13.0 Å². The number of carbonyl (C=O) groups is 1. The summed E-state index contributed by atoms with van der Waals surface area (Å²) in [5, 5.41) is 16.1. The van der Waals surface area contributed by atoms with E-state index in [0.29, 0.717) is 19.5 Å². The monoisotopic (exact) mass is 243 g/mol. The van der Waals surface area contributed by atoms with E-state index in [-0.39, 0.29) is 10.9 Å². The molecule has 1 amide bonds. The lowest BCUT2D eigenvalue weighted by molar-refractivity contribution is -0.380. The highest BCUT2D eigenvalue weighted by Crippen LogP contribution is 2.23. The molecule has 88 valence electrons. The number of hydrogen-bond acceptors (Lipinski definition) is 5. The first-order valence-electron chi connectivity index (χ1n) is 4.78. The minimum absolute atomic E-state index is 0.0235. The Kier molecular flexibility index (Phi) is 4.87. The third kappa shape index (κ3) is 3.95. The zero-order chi connectivity index (χ0) is 12.0. The lowest BCUT2D eigenvalue weighted by Crippen LogP contribution is -2.24. The molecule has 0 saturated carbocycles. The topological polar surface area (TPSA) is 84.3 Å². The summed E-state index contributed by atoms with van der Waals surface area (Å²) in [6, 6.07) is 3.20. The molecular formula is C9H13N3O3S. The lowest BCUT2D eigenvalue weighted by Gasteiger charge is -2.01. The molecule has 0 bridgehead atoms. The molecule has 6 nitrogen and oxygen atoms in total. The molecule has 2 N–H and O–H groups in total. The molecule has 0 aliphatic heterocycles. The molecule has 1 aromatic heterocycles. The summed E-state index contributed by atoms with van der Waals surface area (Å²) in [4.78, 5) is 21.8. The molecule has 1 rings (SSSR count). The molecule has 1 heterocycles. The van der Waals surface area contributed by atoms with Gasteiger partial charge in [-0.3, -0.25) is 14.9 Å². The third-order valence-electron chi connectivity index (χ3n) is 1.93. The molecule has 0 radical (unpaired) electrons. The third-order valence-corrected chi connectivity index (χ3v) is 2.97. The van der Waals surface area contributed by atoms with Crippen LogP contribution < -0.4 is 10.6 Å². The van der Waals surface area contributed by atoms with Crippen LogP contribution in [0.15, 0.2) is 12.1 Å². The maximum atomic E-state index is 10.9. The van der Waals surface area contributed by atoms with Crippen molar-refractivity contribution in [3.63, 3.8) is 0 Å². The van der Waals surface area contributed by atoms with Crippen molar-refractivity contribution in [1.82, 2.24) is 10.6 Å². The normalized spacial score (nSPS) is 10.1. The van der Waals surface area contributed by atoms with Gasteiger partial charge in [-0.25, -0.2) is 0 Å². The molecular weight excluding hydrogens is 230 g/mol. The molecule has 0 spiro atoms. The van der Waals surface area contributed by atoms with Crippen molar-refractivity contribution < 1.29 is 9.72 Å². The Morgan fingerprint density at radius 1 is 1.56 bits per heavy atom. The minimum atomic E-state index is -0.404. The Bertz CT molecular complexity index is 378. The van der Waals surface area contributed by atoms with Crippen LogP contribution in [0.2, 0.25) is 0 Å². The van der Waals surface area contributed by atoms with E-state index in [1.165, 1.54) is 6.07 Å². The van der Waals surface area contributed by atoms with Gasteiger partial charge in [0.1, 0.15) is 0 Å². The van der Waals surface area contributed by atoms with Crippen LogP contribution in [0.1, 0.15) is 11.3 Å². The van der Waals surface area contributed by atoms with Crippen LogP contribution >= 0.6 is 11.3 Å². The number of nitrogens with zero attached hydrogens (tertiary/aromatic N) is 1. The molecule has 0 aliphatic rings. The average Bonchev–Trinajstić information content (AvgIpc) is 2.72. The second-order valence-corrected chi connectivity index (χ2v) is 4.24. The van der Waals surface area contributed by atoms with Crippen LogP contribution in [0, 0.1) is 10.1 Å². The smallest absolute Gasteiger partial charge is 0.324 e. The van der Waals surface area contributed by atoms with Crippen LogP contribution in [-0.2, 0) is 11.3 Å². The number of amides is 1. The van der Waals surface area contributed by atoms with Gasteiger partial charge < -0.3 is 10.6 Å². The number of carbonyl (C=O) groups excluding carboxylic acids is 1. The lowest BCUT2D eigenvalue weighted by atomic mass is 10.4. The molecule has 16 heavy (non-hydrogen) atoms. The summed E-state index contributed by atoms with van der Waals surface area (Å²) >= 11 is 1.14. The summed E-state index contributed by atoms with van der Waals surface area (Å²) < 4.78 is 0. The van der Waals surface area contributed by atoms with E-state index in [0.717, 1.165) is 16.2 Å². The van der Waals surface area contributed by atoms with Gasteiger partial charge in [-0.15, -0.1) is 0 Å². The van der Waals surface area contributed by atoms with Crippen molar-refractivity contribution in [2.75, 3.05) is 13.6 Å². The first-order valence-corrected chi connectivity index (χ1v) is 5.59. The number of hydrogen-bond donors (Lipinski definition) is 2. The van der Waals surface area contributed by atoms with Crippen LogP contribution in [0.25, 0.3) is 0 Å². The zero-order valence-electron chi connectivity index (χ0n) is 8.86. The Hall–Kier alpha value is -1.47. The molecule has 0 aliphatic carbocycles. The minimum Gasteiger partial charge on any atom is -0.359 e. The van der Waals surface area contributed by atoms with E-state index in [4.69, 9.17) is 0 Å². The van der Waals surface area contributed by atoms with Crippen LogP contribution in [0.4, 0.5) is 5.00 Å². The fourth-order valence-corrected chi connectivity index (χ4v) is 1.89. The zero-order valence-corrected chi connectivity index (χ0v) is 9.67. The Morgan fingerprint density at radius 2 is 2.31 bits per heavy atom. The van der Waals surface area contributed by atoms with E-state index < -0.39 is 4.92 Å². The second-order valence-electron chi connectivity index (χ2n) is 3.10. The fourth-order valence-electron chi connectivity index (χ4n) is 1.10. The largest absolute Gasteiger partial charge is 0.359 e. The molecule has 0 atom stereocenters. The van der Waals surface area contributed by atoms with Gasteiger partial charge in [0.25, 0.3) is 0 Å². The number of nitro groups is 1. The quantitative estimate of drug-likeness (QED) is 0.441. The van der Waals surface area contributed by atoms with Gasteiger partial charge in [0.05, 0.1) is 4.92 Å².